The minimum atomic E-state index is -2.00. The van der Waals surface area contributed by atoms with E-state index < -0.39 is 28.3 Å². The molecule has 2 aromatic rings. The monoisotopic (exact) mass is 885 g/mol. The van der Waals surface area contributed by atoms with E-state index in [1.165, 1.54) is 38.5 Å². The van der Waals surface area contributed by atoms with Crippen molar-refractivity contribution in [2.45, 2.75) is 159 Å². The summed E-state index contributed by atoms with van der Waals surface area (Å²) < 4.78 is 53.1. The fourth-order valence-electron chi connectivity index (χ4n) is 6.46. The highest BCUT2D eigenvalue weighted by atomic mass is 28.4. The Morgan fingerprint density at radius 2 is 1.33 bits per heavy atom. The van der Waals surface area contributed by atoms with Gasteiger partial charge in [0.05, 0.1) is 13.2 Å². The van der Waals surface area contributed by atoms with Gasteiger partial charge in [0.1, 0.15) is 12.4 Å². The summed E-state index contributed by atoms with van der Waals surface area (Å²) in [4.78, 5) is 8.66. The Hall–Kier alpha value is -2.93. The number of nitrogens with zero attached hydrogens (tertiary/aromatic N) is 2. The van der Waals surface area contributed by atoms with Gasteiger partial charge in [0.25, 0.3) is 0 Å². The third-order valence-corrected chi connectivity index (χ3v) is 19.0. The van der Waals surface area contributed by atoms with Gasteiger partial charge in [0, 0.05) is 30.1 Å². The Balaban J connectivity index is 0.000000664. The molecule has 0 aliphatic rings. The molecule has 0 spiro atoms. The molecule has 0 fully saturated rings. The Kier molecular flexibility index (Phi) is 27.1. The predicted molar refractivity (Wildman–Crippen MR) is 261 cm³/mol. The molecular weight excluding hydrogens is 799 g/mol. The second-order valence-corrected chi connectivity index (χ2v) is 27.9. The number of allylic oxidation sites excluding steroid dienone is 5. The Morgan fingerprint density at radius 1 is 0.738 bits per heavy atom. The van der Waals surface area contributed by atoms with Gasteiger partial charge in [0.15, 0.2) is 34.0 Å². The average molecular weight is 885 g/mol. The van der Waals surface area contributed by atoms with Gasteiger partial charge in [0.2, 0.25) is 5.83 Å². The first-order chi connectivity index (χ1) is 28.6. The maximum atomic E-state index is 14.9. The zero-order valence-corrected chi connectivity index (χ0v) is 43.0. The summed E-state index contributed by atoms with van der Waals surface area (Å²) in [6, 6.07) is 9.69. The molecule has 0 radical (unpaired) electrons. The highest BCUT2D eigenvalue weighted by Crippen LogP contribution is 2.30. The molecule has 0 N–H and O–H groups in total. The second kappa shape index (κ2) is 29.4. The normalized spacial score (nSPS) is 14.7. The molecule has 0 amide bonds. The van der Waals surface area contributed by atoms with Crippen LogP contribution in [0.2, 0.25) is 38.3 Å². The van der Waals surface area contributed by atoms with E-state index in [1.807, 2.05) is 49.7 Å². The summed E-state index contributed by atoms with van der Waals surface area (Å²) in [6.45, 7) is 40.3. The lowest BCUT2D eigenvalue weighted by Gasteiger charge is -2.34. The third-order valence-electron chi connectivity index (χ3n) is 11.7. The number of ether oxygens (including phenoxy) is 3. The minimum absolute atomic E-state index is 0.0522. The molecule has 1 aromatic carbocycles. The van der Waals surface area contributed by atoms with Gasteiger partial charge >= 0.3 is 0 Å². The van der Waals surface area contributed by atoms with E-state index in [9.17, 15) is 8.78 Å². The molecule has 0 aliphatic carbocycles. The summed E-state index contributed by atoms with van der Waals surface area (Å²) in [5.74, 6) is 2.48. The zero-order valence-electron chi connectivity index (χ0n) is 41.0. The number of halogens is 2. The fourth-order valence-corrected chi connectivity index (χ4v) is 15.0. The lowest BCUT2D eigenvalue weighted by Crippen LogP contribution is -2.45. The molecule has 61 heavy (non-hydrogen) atoms. The van der Waals surface area contributed by atoms with E-state index >= 15 is 0 Å². The molecule has 6 nitrogen and oxygen atoms in total. The predicted octanol–water partition coefficient (Wildman–Crippen LogP) is 15.8. The molecular formula is C51H86F2N2O4Si2. The molecule has 0 saturated heterocycles. The smallest absolute Gasteiger partial charge is 0.200 e. The van der Waals surface area contributed by atoms with Crippen molar-refractivity contribution in [2.24, 2.45) is 29.6 Å². The van der Waals surface area contributed by atoms with Crippen molar-refractivity contribution in [3.63, 3.8) is 0 Å². The minimum Gasteiger partial charge on any atom is -0.491 e. The van der Waals surface area contributed by atoms with Crippen LogP contribution >= 0.6 is 0 Å². The number of benzene rings is 1. The maximum Gasteiger partial charge on any atom is 0.200 e. The van der Waals surface area contributed by atoms with Crippen molar-refractivity contribution in [3.05, 3.63) is 90.0 Å². The highest BCUT2D eigenvalue weighted by Gasteiger charge is 2.33. The molecule has 0 bridgehead atoms. The van der Waals surface area contributed by atoms with Crippen molar-refractivity contribution >= 4 is 16.6 Å². The molecule has 0 aliphatic heterocycles. The van der Waals surface area contributed by atoms with Crippen LogP contribution < -0.4 is 4.74 Å². The van der Waals surface area contributed by atoms with E-state index in [0.29, 0.717) is 48.5 Å². The van der Waals surface area contributed by atoms with Crippen LogP contribution in [0.15, 0.2) is 84.5 Å². The fraction of sp³-hybridized carbons (Fsp3) is 0.647. The van der Waals surface area contributed by atoms with Gasteiger partial charge in [-0.25, -0.2) is 14.4 Å². The van der Waals surface area contributed by atoms with E-state index in [0.717, 1.165) is 54.1 Å². The number of hydrogen-bond donors (Lipinski definition) is 0. The van der Waals surface area contributed by atoms with Crippen molar-refractivity contribution in [2.75, 3.05) is 26.4 Å². The molecule has 346 valence electrons. The van der Waals surface area contributed by atoms with Crippen molar-refractivity contribution < 1.29 is 27.1 Å². The second-order valence-electron chi connectivity index (χ2n) is 19.1. The third kappa shape index (κ3) is 24.5. The highest BCUT2D eigenvalue weighted by molar-refractivity contribution is 6.84. The molecule has 2 rings (SSSR count). The Morgan fingerprint density at radius 3 is 1.92 bits per heavy atom. The molecule has 0 saturated carbocycles. The summed E-state index contributed by atoms with van der Waals surface area (Å²) >= 11 is 0. The van der Waals surface area contributed by atoms with Crippen LogP contribution in [0, 0.1) is 36.5 Å². The summed E-state index contributed by atoms with van der Waals surface area (Å²) in [7, 11) is -3.77. The van der Waals surface area contributed by atoms with Crippen molar-refractivity contribution in [3.8, 4) is 17.1 Å². The number of aryl methyl sites for hydroxylation is 1. The van der Waals surface area contributed by atoms with Crippen LogP contribution in [-0.2, 0) is 13.6 Å². The largest absolute Gasteiger partial charge is 0.491 e. The van der Waals surface area contributed by atoms with Gasteiger partial charge in [-0.3, -0.25) is 0 Å². The lowest BCUT2D eigenvalue weighted by molar-refractivity contribution is 0.0953. The van der Waals surface area contributed by atoms with Crippen molar-refractivity contribution in [1.29, 1.82) is 0 Å². The Bertz CT molecular complexity index is 1610. The number of aromatic nitrogens is 2. The van der Waals surface area contributed by atoms with Crippen LogP contribution in [-0.4, -0.2) is 53.0 Å². The molecule has 1 aromatic heterocycles. The summed E-state index contributed by atoms with van der Waals surface area (Å²) in [5, 5.41) is 0. The first-order valence-electron chi connectivity index (χ1n) is 23.1. The van der Waals surface area contributed by atoms with Crippen LogP contribution in [0.4, 0.5) is 8.78 Å². The van der Waals surface area contributed by atoms with Crippen molar-refractivity contribution in [1.82, 2.24) is 9.97 Å². The number of rotatable bonds is 29. The van der Waals surface area contributed by atoms with E-state index in [4.69, 9.17) is 18.3 Å². The SMILES string of the molecule is C=C(OCC[Si](C)(C)O[Si](C)(C)CCC(C)CC)/C(F)=C(/F)C(=C)/C(C)=C/CC(C)C(C)CCC(C)C.CCC(C)CCCOCCOc1ccc(-c2ncc(C)cn2)cc1. The van der Waals surface area contributed by atoms with Gasteiger partial charge in [-0.2, -0.15) is 4.39 Å². The standard InChI is InChI=1S/C31H58F2O2Si2.C20H28N2O2/c1-14-24(4)19-21-36(10,11)35-37(12,13)22-20-34-29(9)31(33)30(32)28(8)27(7)18-17-26(6)25(5)16-15-23(2)3;1-4-16(2)6-5-11-23-12-13-24-19-9-7-18(8-10-19)20-21-14-17(3)15-22-20/h18,23-26H,8-9,14-17,19-22H2,1-7,10-13H3;7-10,14-16H,4-6,11-13H2,1-3H3/b27-18+,31-30-;. The van der Waals surface area contributed by atoms with Gasteiger partial charge < -0.3 is 18.3 Å². The Labute approximate surface area is 374 Å². The van der Waals surface area contributed by atoms with Gasteiger partial charge in [-0.15, -0.1) is 0 Å². The lowest BCUT2D eigenvalue weighted by atomic mass is 9.86. The van der Waals surface area contributed by atoms with Gasteiger partial charge in [-0.05, 0) is 136 Å². The summed E-state index contributed by atoms with van der Waals surface area (Å²) in [5.41, 5.74) is 2.75. The number of hydrogen-bond acceptors (Lipinski definition) is 6. The first kappa shape index (κ1) is 56.1. The topological polar surface area (TPSA) is 62.7 Å². The van der Waals surface area contributed by atoms with Gasteiger partial charge in [-0.1, -0.05) is 107 Å². The van der Waals surface area contributed by atoms with Crippen LogP contribution in [0.1, 0.15) is 119 Å². The van der Waals surface area contributed by atoms with E-state index in [1.54, 1.807) is 6.92 Å². The first-order valence-corrected chi connectivity index (χ1v) is 29.4. The van der Waals surface area contributed by atoms with Crippen LogP contribution in [0.3, 0.4) is 0 Å². The summed E-state index contributed by atoms with van der Waals surface area (Å²) in [6.07, 6.45) is 14.8. The van der Waals surface area contributed by atoms with E-state index in [2.05, 4.69) is 105 Å². The molecule has 1 heterocycles. The quantitative estimate of drug-likeness (QED) is 0.0351. The molecule has 10 heteroatoms. The zero-order chi connectivity index (χ0) is 46.2. The molecule has 4 atom stereocenters. The molecule has 4 unspecified atom stereocenters. The van der Waals surface area contributed by atoms with E-state index in [-0.39, 0.29) is 17.9 Å². The maximum absolute atomic E-state index is 14.9. The average Bonchev–Trinajstić information content (AvgIpc) is 3.22. The van der Waals surface area contributed by atoms with Crippen LogP contribution in [0.5, 0.6) is 5.75 Å². The van der Waals surface area contributed by atoms with Crippen LogP contribution in [0.25, 0.3) is 11.4 Å².